The van der Waals surface area contributed by atoms with Gasteiger partial charge in [-0.15, -0.1) is 12.4 Å². The van der Waals surface area contributed by atoms with Crippen LogP contribution in [0.4, 0.5) is 5.69 Å². The fraction of sp³-hybridized carbons (Fsp3) is 0.353. The fourth-order valence-electron chi connectivity index (χ4n) is 1.86. The second-order valence-electron chi connectivity index (χ2n) is 5.52. The smallest absolute Gasteiger partial charge is 0.258 e. The van der Waals surface area contributed by atoms with Crippen LogP contribution in [0.25, 0.3) is 0 Å². The maximum absolute atomic E-state index is 12.0. The van der Waals surface area contributed by atoms with Crippen molar-refractivity contribution in [1.82, 2.24) is 0 Å². The Morgan fingerprint density at radius 2 is 2.00 bits per heavy atom. The van der Waals surface area contributed by atoms with Gasteiger partial charge in [0.1, 0.15) is 17.8 Å². The molecule has 0 fully saturated rings. The topological polar surface area (TPSA) is 77.5 Å². The molecule has 0 spiro atoms. The zero-order valence-electron chi connectivity index (χ0n) is 13.4. The quantitative estimate of drug-likeness (QED) is 0.804. The van der Waals surface area contributed by atoms with Crippen LogP contribution in [-0.2, 0) is 6.54 Å². The van der Waals surface area contributed by atoms with E-state index < -0.39 is 0 Å². The second kappa shape index (κ2) is 9.22. The number of halogens is 1. The number of rotatable bonds is 7. The van der Waals surface area contributed by atoms with E-state index in [1.807, 2.05) is 24.3 Å². The normalized spacial score (nSPS) is 10.3. The molecule has 0 aliphatic heterocycles. The Labute approximate surface area is 142 Å². The van der Waals surface area contributed by atoms with E-state index in [0.717, 1.165) is 12.2 Å². The summed E-state index contributed by atoms with van der Waals surface area (Å²) in [4.78, 5) is 12.0. The molecular formula is C17H23ClN2O3. The Morgan fingerprint density at radius 3 is 2.57 bits per heavy atom. The van der Waals surface area contributed by atoms with Crippen molar-refractivity contribution in [3.05, 3.63) is 47.9 Å². The minimum absolute atomic E-state index is 0. The van der Waals surface area contributed by atoms with Gasteiger partial charge in [0.15, 0.2) is 0 Å². The van der Waals surface area contributed by atoms with Crippen molar-refractivity contribution in [3.8, 4) is 5.75 Å². The van der Waals surface area contributed by atoms with Crippen LogP contribution in [0.15, 0.2) is 41.0 Å². The molecule has 0 atom stereocenters. The molecule has 0 saturated carbocycles. The highest BCUT2D eigenvalue weighted by atomic mass is 35.5. The van der Waals surface area contributed by atoms with Gasteiger partial charge in [-0.25, -0.2) is 0 Å². The molecule has 126 valence electrons. The van der Waals surface area contributed by atoms with Crippen molar-refractivity contribution in [1.29, 1.82) is 0 Å². The lowest BCUT2D eigenvalue weighted by Crippen LogP contribution is -2.10. The highest BCUT2D eigenvalue weighted by Crippen LogP contribution is 2.17. The van der Waals surface area contributed by atoms with E-state index in [2.05, 4.69) is 19.2 Å². The van der Waals surface area contributed by atoms with Gasteiger partial charge in [-0.1, -0.05) is 13.8 Å². The van der Waals surface area contributed by atoms with Gasteiger partial charge in [0.25, 0.3) is 5.91 Å². The van der Waals surface area contributed by atoms with Crippen LogP contribution in [0.3, 0.4) is 0 Å². The minimum Gasteiger partial charge on any atom is -0.494 e. The van der Waals surface area contributed by atoms with Gasteiger partial charge < -0.3 is 20.2 Å². The van der Waals surface area contributed by atoms with Crippen molar-refractivity contribution in [2.24, 2.45) is 11.7 Å². The van der Waals surface area contributed by atoms with E-state index in [1.165, 1.54) is 6.26 Å². The predicted molar refractivity (Wildman–Crippen MR) is 93.2 cm³/mol. The van der Waals surface area contributed by atoms with Crippen LogP contribution in [-0.4, -0.2) is 12.5 Å². The van der Waals surface area contributed by atoms with Gasteiger partial charge in [-0.05, 0) is 42.7 Å². The number of nitrogens with one attached hydrogen (secondary N) is 1. The number of nitrogens with two attached hydrogens (primary N) is 1. The first-order valence-electron chi connectivity index (χ1n) is 7.40. The van der Waals surface area contributed by atoms with Crippen LogP contribution in [0.2, 0.25) is 0 Å². The number of hydrogen-bond donors (Lipinski definition) is 2. The molecule has 0 saturated heterocycles. The Bertz CT molecular complexity index is 609. The molecule has 2 rings (SSSR count). The van der Waals surface area contributed by atoms with E-state index in [9.17, 15) is 4.79 Å². The standard InChI is InChI=1S/C17H22N2O3.ClH/c1-12(2)7-8-21-15-5-3-14(4-6-15)19-17(20)13-9-16(10-18)22-11-13;/h3-6,9,11-12H,7-8,10,18H2,1-2H3,(H,19,20);1H. The number of furan rings is 1. The molecule has 1 aromatic carbocycles. The van der Waals surface area contributed by atoms with Crippen molar-refractivity contribution >= 4 is 24.0 Å². The molecule has 5 nitrogen and oxygen atoms in total. The number of ether oxygens (including phenoxy) is 1. The van der Waals surface area contributed by atoms with E-state index in [0.29, 0.717) is 29.5 Å². The molecule has 1 aromatic heterocycles. The first-order valence-corrected chi connectivity index (χ1v) is 7.40. The van der Waals surface area contributed by atoms with Crippen LogP contribution in [0.5, 0.6) is 5.75 Å². The molecule has 2 aromatic rings. The molecule has 3 N–H and O–H groups in total. The summed E-state index contributed by atoms with van der Waals surface area (Å²) >= 11 is 0. The Kier molecular flexibility index (Phi) is 7.65. The maximum Gasteiger partial charge on any atom is 0.258 e. The van der Waals surface area contributed by atoms with Gasteiger partial charge in [-0.3, -0.25) is 4.79 Å². The van der Waals surface area contributed by atoms with Gasteiger partial charge in [-0.2, -0.15) is 0 Å². The van der Waals surface area contributed by atoms with Gasteiger partial charge >= 0.3 is 0 Å². The summed E-state index contributed by atoms with van der Waals surface area (Å²) in [6, 6.07) is 8.95. The monoisotopic (exact) mass is 338 g/mol. The fourth-order valence-corrected chi connectivity index (χ4v) is 1.86. The number of benzene rings is 1. The molecule has 0 bridgehead atoms. The van der Waals surface area contributed by atoms with Crippen LogP contribution in [0.1, 0.15) is 36.4 Å². The van der Waals surface area contributed by atoms with E-state index in [1.54, 1.807) is 6.07 Å². The van der Waals surface area contributed by atoms with Crippen LogP contribution < -0.4 is 15.8 Å². The summed E-state index contributed by atoms with van der Waals surface area (Å²) in [6.45, 7) is 5.29. The predicted octanol–water partition coefficient (Wildman–Crippen LogP) is 3.84. The molecule has 0 unspecified atom stereocenters. The molecule has 1 amide bonds. The molecule has 6 heteroatoms. The Hall–Kier alpha value is -1.98. The third-order valence-corrected chi connectivity index (χ3v) is 3.19. The molecule has 23 heavy (non-hydrogen) atoms. The highest BCUT2D eigenvalue weighted by Gasteiger charge is 2.10. The number of anilines is 1. The summed E-state index contributed by atoms with van der Waals surface area (Å²) in [7, 11) is 0. The third-order valence-electron chi connectivity index (χ3n) is 3.19. The number of amides is 1. The van der Waals surface area contributed by atoms with Gasteiger partial charge in [0, 0.05) is 5.69 Å². The average Bonchev–Trinajstić information content (AvgIpc) is 2.98. The van der Waals surface area contributed by atoms with Crippen LogP contribution >= 0.6 is 12.4 Å². The molecular weight excluding hydrogens is 316 g/mol. The number of carbonyl (C=O) groups excluding carboxylic acids is 1. The van der Waals surface area contributed by atoms with Crippen LogP contribution in [0, 0.1) is 5.92 Å². The largest absolute Gasteiger partial charge is 0.494 e. The summed E-state index contributed by atoms with van der Waals surface area (Å²) < 4.78 is 10.8. The Morgan fingerprint density at radius 1 is 1.30 bits per heavy atom. The van der Waals surface area contributed by atoms with E-state index in [4.69, 9.17) is 14.9 Å². The van der Waals surface area contributed by atoms with Crippen molar-refractivity contribution in [2.45, 2.75) is 26.8 Å². The summed E-state index contributed by atoms with van der Waals surface area (Å²) in [6.07, 6.45) is 2.42. The summed E-state index contributed by atoms with van der Waals surface area (Å²) in [5.41, 5.74) is 6.61. The number of hydrogen-bond acceptors (Lipinski definition) is 4. The maximum atomic E-state index is 12.0. The summed E-state index contributed by atoms with van der Waals surface area (Å²) in [5.74, 6) is 1.77. The minimum atomic E-state index is -0.225. The lowest BCUT2D eigenvalue weighted by molar-refractivity contribution is 0.102. The number of carbonyl (C=O) groups is 1. The van der Waals surface area contributed by atoms with Crippen molar-refractivity contribution in [2.75, 3.05) is 11.9 Å². The Balaban J connectivity index is 0.00000264. The SMILES string of the molecule is CC(C)CCOc1ccc(NC(=O)c2coc(CN)c2)cc1.Cl. The van der Waals surface area contributed by atoms with Gasteiger partial charge in [0.05, 0.1) is 18.7 Å². The molecule has 0 aliphatic rings. The lowest BCUT2D eigenvalue weighted by atomic mass is 10.1. The second-order valence-corrected chi connectivity index (χ2v) is 5.52. The zero-order chi connectivity index (χ0) is 15.9. The third kappa shape index (κ3) is 5.96. The zero-order valence-corrected chi connectivity index (χ0v) is 14.2. The first kappa shape index (κ1) is 19.1. The summed E-state index contributed by atoms with van der Waals surface area (Å²) in [5, 5.41) is 2.80. The van der Waals surface area contributed by atoms with Crippen molar-refractivity contribution in [3.63, 3.8) is 0 Å². The highest BCUT2D eigenvalue weighted by molar-refractivity contribution is 6.04. The van der Waals surface area contributed by atoms with E-state index >= 15 is 0 Å². The molecule has 0 radical (unpaired) electrons. The first-order chi connectivity index (χ1) is 10.6. The van der Waals surface area contributed by atoms with Gasteiger partial charge in [0.2, 0.25) is 0 Å². The lowest BCUT2D eigenvalue weighted by Gasteiger charge is -2.09. The van der Waals surface area contributed by atoms with E-state index in [-0.39, 0.29) is 24.9 Å². The average molecular weight is 339 g/mol. The van der Waals surface area contributed by atoms with Crippen molar-refractivity contribution < 1.29 is 13.9 Å². The molecule has 0 aliphatic carbocycles. The molecule has 1 heterocycles.